The van der Waals surface area contributed by atoms with Gasteiger partial charge in [0.15, 0.2) is 4.90 Å². The Hall–Kier alpha value is -2.07. The summed E-state index contributed by atoms with van der Waals surface area (Å²) in [6, 6.07) is 2.12. The predicted octanol–water partition coefficient (Wildman–Crippen LogP) is -0.201. The van der Waals surface area contributed by atoms with Gasteiger partial charge in [0.1, 0.15) is 11.6 Å². The van der Waals surface area contributed by atoms with E-state index in [9.17, 15) is 26.8 Å². The molecule has 7 nitrogen and oxygen atoms in total. The zero-order chi connectivity index (χ0) is 16.2. The van der Waals surface area contributed by atoms with Crippen LogP contribution in [0.15, 0.2) is 23.1 Å². The number of carbonyl (C=O) groups is 2. The minimum absolute atomic E-state index is 0.344. The van der Waals surface area contributed by atoms with Crippen molar-refractivity contribution < 1.29 is 26.8 Å². The maximum atomic E-state index is 13.3. The molecule has 1 rings (SSSR count). The molecule has 0 aliphatic carbocycles. The first kappa shape index (κ1) is 17.0. The van der Waals surface area contributed by atoms with Gasteiger partial charge in [-0.25, -0.2) is 17.2 Å². The summed E-state index contributed by atoms with van der Waals surface area (Å²) in [5.74, 6) is -5.07. The number of nitrogens with one attached hydrogen (secondary N) is 3. The maximum Gasteiger partial charge on any atom is 0.324 e. The molecule has 0 heterocycles. The van der Waals surface area contributed by atoms with E-state index in [1.807, 2.05) is 0 Å². The number of hydrogen-bond acceptors (Lipinski definition) is 4. The Bertz CT molecular complexity index is 641. The van der Waals surface area contributed by atoms with E-state index in [0.717, 1.165) is 18.2 Å². The van der Waals surface area contributed by atoms with E-state index in [4.69, 9.17) is 0 Å². The van der Waals surface area contributed by atoms with Crippen molar-refractivity contribution in [1.82, 2.24) is 15.6 Å². The minimum Gasteiger partial charge on any atom is -0.346 e. The molecule has 0 bridgehead atoms. The van der Waals surface area contributed by atoms with Crippen LogP contribution in [-0.2, 0) is 19.6 Å². The lowest BCUT2D eigenvalue weighted by atomic mass is 10.3. The molecule has 0 saturated carbocycles. The first-order chi connectivity index (χ1) is 9.65. The van der Waals surface area contributed by atoms with Crippen LogP contribution < -0.4 is 15.6 Å². The molecule has 0 aromatic heterocycles. The van der Waals surface area contributed by atoms with Gasteiger partial charge in [-0.05, 0) is 26.0 Å². The lowest BCUT2D eigenvalue weighted by Crippen LogP contribution is -2.49. The van der Waals surface area contributed by atoms with Crippen LogP contribution in [-0.4, -0.2) is 26.3 Å². The van der Waals surface area contributed by atoms with Crippen molar-refractivity contribution in [3.05, 3.63) is 29.8 Å². The molecule has 0 unspecified atom stereocenters. The van der Waals surface area contributed by atoms with E-state index in [1.165, 1.54) is 4.83 Å². The Morgan fingerprint density at radius 2 is 1.62 bits per heavy atom. The van der Waals surface area contributed by atoms with Gasteiger partial charge in [-0.15, -0.1) is 4.83 Å². The molecule has 0 atom stereocenters. The van der Waals surface area contributed by atoms with Gasteiger partial charge in [0, 0.05) is 6.04 Å². The molecule has 0 aliphatic rings. The molecule has 0 spiro atoms. The highest BCUT2D eigenvalue weighted by Gasteiger charge is 2.25. The first-order valence-corrected chi connectivity index (χ1v) is 7.20. The molecule has 1 aromatic rings. The van der Waals surface area contributed by atoms with Crippen LogP contribution in [0.4, 0.5) is 8.78 Å². The van der Waals surface area contributed by atoms with Crippen molar-refractivity contribution in [3.8, 4) is 0 Å². The number of sulfonamides is 1. The van der Waals surface area contributed by atoms with Crippen molar-refractivity contribution >= 4 is 21.8 Å². The van der Waals surface area contributed by atoms with E-state index < -0.39 is 38.4 Å². The summed E-state index contributed by atoms with van der Waals surface area (Å²) in [7, 11) is -4.69. The van der Waals surface area contributed by atoms with Crippen molar-refractivity contribution in [1.29, 1.82) is 0 Å². The zero-order valence-corrected chi connectivity index (χ0v) is 11.9. The number of halogens is 2. The largest absolute Gasteiger partial charge is 0.346 e. The van der Waals surface area contributed by atoms with Gasteiger partial charge in [-0.1, -0.05) is 6.07 Å². The molecule has 0 fully saturated rings. The molecular formula is C11H13F2N3O4S. The highest BCUT2D eigenvalue weighted by atomic mass is 32.2. The number of hydrogen-bond donors (Lipinski definition) is 3. The Morgan fingerprint density at radius 1 is 1.10 bits per heavy atom. The topological polar surface area (TPSA) is 104 Å². The highest BCUT2D eigenvalue weighted by Crippen LogP contribution is 2.17. The van der Waals surface area contributed by atoms with Crippen LogP contribution in [0.25, 0.3) is 0 Å². The summed E-state index contributed by atoms with van der Waals surface area (Å²) in [6.07, 6.45) is 0. The van der Waals surface area contributed by atoms with E-state index in [0.29, 0.717) is 0 Å². The van der Waals surface area contributed by atoms with Crippen LogP contribution >= 0.6 is 0 Å². The molecule has 2 amide bonds. The zero-order valence-electron chi connectivity index (χ0n) is 11.1. The lowest BCUT2D eigenvalue weighted by molar-refractivity contribution is -0.139. The summed E-state index contributed by atoms with van der Waals surface area (Å²) in [5, 5.41) is 2.21. The second kappa shape index (κ2) is 6.59. The summed E-state index contributed by atoms with van der Waals surface area (Å²) >= 11 is 0. The molecule has 0 saturated heterocycles. The van der Waals surface area contributed by atoms with E-state index in [2.05, 4.69) is 5.32 Å². The fraction of sp³-hybridized carbons (Fsp3) is 0.273. The van der Waals surface area contributed by atoms with Gasteiger partial charge >= 0.3 is 11.8 Å². The number of carbonyl (C=O) groups excluding carboxylic acids is 2. The van der Waals surface area contributed by atoms with E-state index in [-0.39, 0.29) is 6.04 Å². The number of amides is 2. The molecule has 1 aromatic carbocycles. The summed E-state index contributed by atoms with van der Waals surface area (Å²) < 4.78 is 50.1. The van der Waals surface area contributed by atoms with Crippen LogP contribution in [0.1, 0.15) is 13.8 Å². The number of rotatable bonds is 4. The van der Waals surface area contributed by atoms with Crippen molar-refractivity contribution in [2.45, 2.75) is 24.8 Å². The fourth-order valence-electron chi connectivity index (χ4n) is 1.29. The third-order valence-electron chi connectivity index (χ3n) is 2.11. The molecule has 116 valence electrons. The summed E-state index contributed by atoms with van der Waals surface area (Å²) in [6.45, 7) is 3.17. The van der Waals surface area contributed by atoms with Gasteiger partial charge in [-0.3, -0.25) is 15.0 Å². The SMILES string of the molecule is CC(C)NC(=O)C(=O)NNS(=O)(=O)c1c(F)cccc1F. The normalized spacial score (nSPS) is 11.3. The van der Waals surface area contributed by atoms with Crippen LogP contribution in [0.5, 0.6) is 0 Å². The van der Waals surface area contributed by atoms with Gasteiger partial charge in [-0.2, -0.15) is 0 Å². The van der Waals surface area contributed by atoms with Gasteiger partial charge in [0.25, 0.3) is 10.0 Å². The van der Waals surface area contributed by atoms with Crippen molar-refractivity contribution in [2.24, 2.45) is 0 Å². The maximum absolute atomic E-state index is 13.3. The van der Waals surface area contributed by atoms with E-state index in [1.54, 1.807) is 19.3 Å². The van der Waals surface area contributed by atoms with E-state index >= 15 is 0 Å². The summed E-state index contributed by atoms with van der Waals surface area (Å²) in [5.41, 5.74) is 1.56. The van der Waals surface area contributed by atoms with Crippen molar-refractivity contribution in [3.63, 3.8) is 0 Å². The second-order valence-corrected chi connectivity index (χ2v) is 5.86. The third-order valence-corrected chi connectivity index (χ3v) is 3.41. The summed E-state index contributed by atoms with van der Waals surface area (Å²) in [4.78, 5) is 22.7. The standard InChI is InChI=1S/C11H13F2N3O4S/c1-6(2)14-10(17)11(18)15-16-21(19,20)9-7(12)4-3-5-8(9)13/h3-6,16H,1-2H3,(H,14,17)(H,15,18). The molecular weight excluding hydrogens is 308 g/mol. The smallest absolute Gasteiger partial charge is 0.324 e. The Balaban J connectivity index is 2.83. The van der Waals surface area contributed by atoms with Crippen LogP contribution in [0.2, 0.25) is 0 Å². The van der Waals surface area contributed by atoms with Gasteiger partial charge in [0.05, 0.1) is 0 Å². The van der Waals surface area contributed by atoms with Crippen LogP contribution in [0.3, 0.4) is 0 Å². The number of benzene rings is 1. The Labute approximate surface area is 119 Å². The number of hydrazine groups is 1. The second-order valence-electron chi connectivity index (χ2n) is 4.24. The third kappa shape index (κ3) is 4.46. The molecule has 10 heteroatoms. The first-order valence-electron chi connectivity index (χ1n) is 5.72. The van der Waals surface area contributed by atoms with Gasteiger partial charge in [0.2, 0.25) is 0 Å². The predicted molar refractivity (Wildman–Crippen MR) is 68.1 cm³/mol. The van der Waals surface area contributed by atoms with Gasteiger partial charge < -0.3 is 5.32 Å². The van der Waals surface area contributed by atoms with Crippen molar-refractivity contribution in [2.75, 3.05) is 0 Å². The average molecular weight is 321 g/mol. The molecule has 21 heavy (non-hydrogen) atoms. The Kier molecular flexibility index (Phi) is 5.33. The lowest BCUT2D eigenvalue weighted by Gasteiger charge is -2.11. The fourth-order valence-corrected chi connectivity index (χ4v) is 2.27. The highest BCUT2D eigenvalue weighted by molar-refractivity contribution is 7.89. The molecule has 0 aliphatic heterocycles. The quantitative estimate of drug-likeness (QED) is 0.527. The average Bonchev–Trinajstić information content (AvgIpc) is 2.34. The Morgan fingerprint density at radius 3 is 2.10 bits per heavy atom. The van der Waals surface area contributed by atoms with Crippen LogP contribution in [0, 0.1) is 11.6 Å². The molecule has 0 radical (unpaired) electrons. The minimum atomic E-state index is -4.69. The monoisotopic (exact) mass is 321 g/mol. The molecule has 3 N–H and O–H groups in total.